The van der Waals surface area contributed by atoms with Crippen molar-refractivity contribution in [2.45, 2.75) is 46.5 Å². The molecular formula is C21H27N3O5. The van der Waals surface area contributed by atoms with Gasteiger partial charge in [-0.3, -0.25) is 10.1 Å². The lowest BCUT2D eigenvalue weighted by Crippen LogP contribution is -2.31. The highest BCUT2D eigenvalue weighted by Crippen LogP contribution is 2.40. The molecule has 8 heteroatoms. The normalized spacial score (nSPS) is 17.1. The number of nitrogens with one attached hydrogen (secondary N) is 1. The van der Waals surface area contributed by atoms with E-state index in [1.807, 2.05) is 6.92 Å². The number of benzene rings is 1. The number of carbonyl (C=O) groups excluding carboxylic acids is 1. The smallest absolute Gasteiger partial charge is 0.336 e. The van der Waals surface area contributed by atoms with Gasteiger partial charge < -0.3 is 14.9 Å². The number of methoxy groups -OCH3 is 1. The number of unbranched alkanes of at least 4 members (excludes halogenated alkanes) is 1. The Balaban J connectivity index is 2.60. The molecule has 2 rings (SSSR count). The number of ether oxygens (including phenoxy) is 1. The predicted molar refractivity (Wildman–Crippen MR) is 110 cm³/mol. The van der Waals surface area contributed by atoms with E-state index in [2.05, 4.69) is 17.4 Å². The predicted octanol–water partition coefficient (Wildman–Crippen LogP) is 4.20. The lowest BCUT2D eigenvalue weighted by Gasteiger charge is -2.31. The van der Waals surface area contributed by atoms with Gasteiger partial charge in [0.15, 0.2) is 0 Å². The number of hydrogen-bond donors (Lipinski definition) is 1. The van der Waals surface area contributed by atoms with Crippen LogP contribution in [0, 0.1) is 10.1 Å². The fourth-order valence-corrected chi connectivity index (χ4v) is 3.41. The first kappa shape index (κ1) is 22.1. The minimum Gasteiger partial charge on any atom is -0.466 e. The van der Waals surface area contributed by atoms with Gasteiger partial charge in [-0.25, -0.2) is 4.79 Å². The first-order valence-electron chi connectivity index (χ1n) is 9.49. The Bertz CT molecular complexity index is 886. The molecule has 0 aliphatic carbocycles. The summed E-state index contributed by atoms with van der Waals surface area (Å²) < 4.78 is 5.00. The zero-order valence-corrected chi connectivity index (χ0v) is 17.4. The molecule has 0 aromatic heterocycles. The fraction of sp³-hybridized carbons (Fsp3) is 0.429. The fourth-order valence-electron chi connectivity index (χ4n) is 3.41. The van der Waals surface area contributed by atoms with Gasteiger partial charge in [-0.15, -0.1) is 0 Å². The number of non-ortho nitro benzene ring substituents is 1. The van der Waals surface area contributed by atoms with Gasteiger partial charge in [0.25, 0.3) is 5.69 Å². The molecule has 29 heavy (non-hydrogen) atoms. The molecule has 1 heterocycles. The van der Waals surface area contributed by atoms with E-state index >= 15 is 0 Å². The van der Waals surface area contributed by atoms with E-state index in [0.717, 1.165) is 24.1 Å². The molecule has 0 bridgehead atoms. The second-order valence-electron chi connectivity index (χ2n) is 6.84. The number of esters is 1. The Kier molecular flexibility index (Phi) is 7.52. The number of nitro benzene ring substituents is 1. The standard InChI is InChI=1S/C21H27N3O5/c1-6-7-11-29-23-15(4)18-13(2)22-14(3)19(21(25)28-5)20(18)16-9-8-10-17(12-16)24(26)27/h8-10,12,20,22H,6-7,11H2,1-5H3. The van der Waals surface area contributed by atoms with Gasteiger partial charge in [-0.1, -0.05) is 30.6 Å². The molecular weight excluding hydrogens is 374 g/mol. The van der Waals surface area contributed by atoms with Crippen LogP contribution < -0.4 is 5.32 Å². The van der Waals surface area contributed by atoms with E-state index in [1.54, 1.807) is 26.0 Å². The van der Waals surface area contributed by atoms with Crippen LogP contribution in [-0.4, -0.2) is 30.3 Å². The molecule has 1 aliphatic rings. The van der Waals surface area contributed by atoms with Crippen LogP contribution >= 0.6 is 0 Å². The van der Waals surface area contributed by atoms with E-state index in [-0.39, 0.29) is 5.69 Å². The van der Waals surface area contributed by atoms with E-state index in [4.69, 9.17) is 9.57 Å². The summed E-state index contributed by atoms with van der Waals surface area (Å²) in [5.41, 5.74) is 3.70. The Morgan fingerprint density at radius 2 is 1.97 bits per heavy atom. The number of hydrogen-bond acceptors (Lipinski definition) is 7. The summed E-state index contributed by atoms with van der Waals surface area (Å²) >= 11 is 0. The van der Waals surface area contributed by atoms with Gasteiger partial charge in [0.05, 0.1) is 23.3 Å². The Labute approximate surface area is 170 Å². The summed E-state index contributed by atoms with van der Waals surface area (Å²) in [5.74, 6) is -1.07. The summed E-state index contributed by atoms with van der Waals surface area (Å²) in [6, 6.07) is 6.27. The van der Waals surface area contributed by atoms with E-state index in [1.165, 1.54) is 19.2 Å². The van der Waals surface area contributed by atoms with Gasteiger partial charge in [0, 0.05) is 35.0 Å². The van der Waals surface area contributed by atoms with Crippen LogP contribution in [0.25, 0.3) is 0 Å². The number of rotatable bonds is 8. The van der Waals surface area contributed by atoms with Crippen LogP contribution in [0.1, 0.15) is 52.0 Å². The SMILES string of the molecule is CCCCON=C(C)C1=C(C)NC(C)=C(C(=O)OC)C1c1cccc([N+](=O)[O-])c1. The molecule has 0 saturated carbocycles. The third-order valence-corrected chi connectivity index (χ3v) is 4.76. The molecule has 1 N–H and O–H groups in total. The molecule has 0 spiro atoms. The summed E-state index contributed by atoms with van der Waals surface area (Å²) in [4.78, 5) is 28.9. The maximum Gasteiger partial charge on any atom is 0.336 e. The molecule has 1 aliphatic heterocycles. The Hall–Kier alpha value is -3.16. The van der Waals surface area contributed by atoms with E-state index < -0.39 is 16.8 Å². The van der Waals surface area contributed by atoms with Gasteiger partial charge in [-0.2, -0.15) is 0 Å². The van der Waals surface area contributed by atoms with Gasteiger partial charge in [0.1, 0.15) is 6.61 Å². The summed E-state index contributed by atoms with van der Waals surface area (Å²) in [6.45, 7) is 8.01. The van der Waals surface area contributed by atoms with Gasteiger partial charge in [0.2, 0.25) is 0 Å². The van der Waals surface area contributed by atoms with Crippen molar-refractivity contribution in [3.05, 3.63) is 62.5 Å². The highest BCUT2D eigenvalue weighted by molar-refractivity contribution is 6.04. The number of oxime groups is 1. The molecule has 156 valence electrons. The summed E-state index contributed by atoms with van der Waals surface area (Å²) in [6.07, 6.45) is 1.87. The minimum atomic E-state index is -0.567. The average Bonchev–Trinajstić information content (AvgIpc) is 2.70. The summed E-state index contributed by atoms with van der Waals surface area (Å²) in [7, 11) is 1.31. The Morgan fingerprint density at radius 1 is 1.28 bits per heavy atom. The van der Waals surface area contributed by atoms with E-state index in [9.17, 15) is 14.9 Å². The van der Waals surface area contributed by atoms with Crippen LogP contribution in [0.15, 0.2) is 52.0 Å². The number of carbonyl (C=O) groups is 1. The van der Waals surface area contributed by atoms with Crippen molar-refractivity contribution >= 4 is 17.4 Å². The lowest BCUT2D eigenvalue weighted by molar-refractivity contribution is -0.384. The maximum atomic E-state index is 12.6. The highest BCUT2D eigenvalue weighted by atomic mass is 16.6. The molecule has 0 radical (unpaired) electrons. The second kappa shape index (κ2) is 9.86. The topological polar surface area (TPSA) is 103 Å². The number of allylic oxidation sites excluding steroid dienone is 3. The largest absolute Gasteiger partial charge is 0.466 e. The number of nitrogens with zero attached hydrogens (tertiary/aromatic N) is 2. The number of dihydropyridines is 1. The monoisotopic (exact) mass is 401 g/mol. The van der Waals surface area contributed by atoms with Crippen molar-refractivity contribution in [2.24, 2.45) is 5.16 Å². The molecule has 1 atom stereocenters. The van der Waals surface area contributed by atoms with Crippen LogP contribution in [0.4, 0.5) is 5.69 Å². The maximum absolute atomic E-state index is 12.6. The Morgan fingerprint density at radius 3 is 2.59 bits per heavy atom. The van der Waals surface area contributed by atoms with Gasteiger partial charge >= 0.3 is 5.97 Å². The molecule has 1 aromatic rings. The van der Waals surface area contributed by atoms with Gasteiger partial charge in [-0.05, 0) is 32.8 Å². The van der Waals surface area contributed by atoms with Crippen LogP contribution in [0.3, 0.4) is 0 Å². The van der Waals surface area contributed by atoms with Crippen molar-refractivity contribution in [1.29, 1.82) is 0 Å². The first-order valence-corrected chi connectivity index (χ1v) is 9.49. The second-order valence-corrected chi connectivity index (χ2v) is 6.84. The zero-order chi connectivity index (χ0) is 21.6. The van der Waals surface area contributed by atoms with Crippen molar-refractivity contribution in [3.63, 3.8) is 0 Å². The molecule has 0 amide bonds. The average molecular weight is 401 g/mol. The first-order chi connectivity index (χ1) is 13.8. The molecule has 0 fully saturated rings. The van der Waals surface area contributed by atoms with E-state index in [0.29, 0.717) is 29.2 Å². The third-order valence-electron chi connectivity index (χ3n) is 4.76. The molecule has 0 saturated heterocycles. The molecule has 1 unspecified atom stereocenters. The lowest BCUT2D eigenvalue weighted by atomic mass is 9.78. The molecule has 1 aromatic carbocycles. The van der Waals surface area contributed by atoms with Crippen molar-refractivity contribution in [3.8, 4) is 0 Å². The third kappa shape index (κ3) is 5.01. The minimum absolute atomic E-state index is 0.0475. The highest BCUT2D eigenvalue weighted by Gasteiger charge is 2.35. The van der Waals surface area contributed by atoms with Crippen LogP contribution in [-0.2, 0) is 14.4 Å². The summed E-state index contributed by atoms with van der Waals surface area (Å²) in [5, 5.41) is 18.7. The van der Waals surface area contributed by atoms with Crippen molar-refractivity contribution < 1.29 is 19.3 Å². The zero-order valence-electron chi connectivity index (χ0n) is 17.4. The van der Waals surface area contributed by atoms with Crippen LogP contribution in [0.5, 0.6) is 0 Å². The van der Waals surface area contributed by atoms with Crippen LogP contribution in [0.2, 0.25) is 0 Å². The number of nitro groups is 1. The van der Waals surface area contributed by atoms with Crippen molar-refractivity contribution in [2.75, 3.05) is 13.7 Å². The molecule has 8 nitrogen and oxygen atoms in total. The quantitative estimate of drug-likeness (QED) is 0.230. The van der Waals surface area contributed by atoms with Crippen molar-refractivity contribution in [1.82, 2.24) is 5.32 Å².